The third-order valence-corrected chi connectivity index (χ3v) is 3.29. The summed E-state index contributed by atoms with van der Waals surface area (Å²) in [5.41, 5.74) is 1.51. The smallest absolute Gasteiger partial charge is 0.258 e. The number of rotatable bonds is 5. The number of fused-ring (bicyclic) bond motifs is 1. The molecule has 0 aliphatic rings. The molecule has 3 aromatic rings. The monoisotopic (exact) mass is 315 g/mol. The van der Waals surface area contributed by atoms with Gasteiger partial charge in [0.05, 0.1) is 12.2 Å². The molecule has 3 rings (SSSR count). The molecule has 1 amide bonds. The van der Waals surface area contributed by atoms with Gasteiger partial charge in [-0.3, -0.25) is 4.79 Å². The van der Waals surface area contributed by atoms with Crippen LogP contribution in [0.3, 0.4) is 0 Å². The van der Waals surface area contributed by atoms with Gasteiger partial charge in [-0.25, -0.2) is 4.98 Å². The molecule has 1 aromatic carbocycles. The number of ether oxygens (including phenoxy) is 1. The van der Waals surface area contributed by atoms with Crippen LogP contribution in [0.4, 0.5) is 0 Å². The number of aromatic nitrogens is 2. The van der Waals surface area contributed by atoms with E-state index in [9.17, 15) is 4.79 Å². The number of amides is 1. The van der Waals surface area contributed by atoms with Gasteiger partial charge in [0.2, 0.25) is 0 Å². The molecule has 0 fully saturated rings. The zero-order valence-electron chi connectivity index (χ0n) is 11.7. The highest BCUT2D eigenvalue weighted by atomic mass is 35.5. The fraction of sp³-hybridized carbons (Fsp3) is 0.125. The minimum atomic E-state index is -0.195. The molecule has 0 atom stereocenters. The number of carbonyl (C=O) groups excluding carboxylic acids is 1. The van der Waals surface area contributed by atoms with Crippen molar-refractivity contribution in [2.75, 3.05) is 6.61 Å². The van der Waals surface area contributed by atoms with Crippen molar-refractivity contribution >= 4 is 23.2 Å². The first-order valence-electron chi connectivity index (χ1n) is 6.78. The van der Waals surface area contributed by atoms with Gasteiger partial charge in [-0.1, -0.05) is 29.8 Å². The Labute approximate surface area is 132 Å². The third-order valence-electron chi connectivity index (χ3n) is 3.05. The summed E-state index contributed by atoms with van der Waals surface area (Å²) < 4.78 is 7.23. The Bertz CT molecular complexity index is 786. The Morgan fingerprint density at radius 3 is 2.91 bits per heavy atom. The molecule has 112 valence electrons. The number of halogens is 1. The van der Waals surface area contributed by atoms with Crippen LogP contribution in [0.1, 0.15) is 5.69 Å². The number of hydrogen-bond acceptors (Lipinski definition) is 3. The summed E-state index contributed by atoms with van der Waals surface area (Å²) in [6, 6.07) is 12.8. The van der Waals surface area contributed by atoms with Gasteiger partial charge in [0, 0.05) is 17.4 Å². The third kappa shape index (κ3) is 3.56. The Hall–Kier alpha value is -2.53. The molecule has 0 saturated heterocycles. The number of hydrogen-bond donors (Lipinski definition) is 1. The summed E-state index contributed by atoms with van der Waals surface area (Å²) in [5, 5.41) is 3.40. The lowest BCUT2D eigenvalue weighted by Gasteiger charge is -2.06. The molecule has 0 bridgehead atoms. The van der Waals surface area contributed by atoms with E-state index < -0.39 is 0 Å². The lowest BCUT2D eigenvalue weighted by molar-refractivity contribution is -0.123. The number of nitrogens with one attached hydrogen (secondary N) is 1. The van der Waals surface area contributed by atoms with Crippen molar-refractivity contribution in [3.8, 4) is 5.75 Å². The molecule has 0 radical (unpaired) electrons. The van der Waals surface area contributed by atoms with Crippen LogP contribution < -0.4 is 10.1 Å². The standard InChI is InChI=1S/C16H14ClN3O2/c17-12-6-7-20-10-13(19-15(20)8-12)9-18-16(21)11-22-14-4-2-1-3-5-14/h1-8,10H,9,11H2,(H,18,21). The second-order valence-corrected chi connectivity index (χ2v) is 5.16. The number of nitrogens with zero attached hydrogens (tertiary/aromatic N) is 2. The minimum Gasteiger partial charge on any atom is -0.484 e. The van der Waals surface area contributed by atoms with E-state index in [1.165, 1.54) is 0 Å². The van der Waals surface area contributed by atoms with E-state index in [1.807, 2.05) is 35.0 Å². The fourth-order valence-electron chi connectivity index (χ4n) is 2.00. The minimum absolute atomic E-state index is 0.0246. The molecular formula is C16H14ClN3O2. The molecule has 5 nitrogen and oxygen atoms in total. The number of para-hydroxylation sites is 1. The van der Waals surface area contributed by atoms with Crippen LogP contribution in [0.15, 0.2) is 54.9 Å². The zero-order chi connectivity index (χ0) is 15.4. The molecule has 6 heteroatoms. The first kappa shape index (κ1) is 14.4. The number of pyridine rings is 1. The summed E-state index contributed by atoms with van der Waals surface area (Å²) in [6.07, 6.45) is 3.68. The Balaban J connectivity index is 1.53. The Morgan fingerprint density at radius 2 is 2.09 bits per heavy atom. The van der Waals surface area contributed by atoms with Crippen LogP contribution >= 0.6 is 11.6 Å². The predicted octanol–water partition coefficient (Wildman–Crippen LogP) is 2.68. The summed E-state index contributed by atoms with van der Waals surface area (Å²) in [6.45, 7) is 0.319. The van der Waals surface area contributed by atoms with Crippen LogP contribution in [-0.4, -0.2) is 21.9 Å². The quantitative estimate of drug-likeness (QED) is 0.787. The van der Waals surface area contributed by atoms with Gasteiger partial charge in [-0.15, -0.1) is 0 Å². The predicted molar refractivity (Wildman–Crippen MR) is 84.0 cm³/mol. The normalized spacial score (nSPS) is 10.6. The number of carbonyl (C=O) groups is 1. The van der Waals surface area contributed by atoms with Crippen LogP contribution in [-0.2, 0) is 11.3 Å². The van der Waals surface area contributed by atoms with Gasteiger partial charge >= 0.3 is 0 Å². The largest absolute Gasteiger partial charge is 0.484 e. The van der Waals surface area contributed by atoms with Crippen LogP contribution in [0, 0.1) is 0 Å². The second-order valence-electron chi connectivity index (χ2n) is 4.72. The lowest BCUT2D eigenvalue weighted by atomic mass is 10.3. The highest BCUT2D eigenvalue weighted by Gasteiger charge is 2.06. The number of benzene rings is 1. The fourth-order valence-corrected chi connectivity index (χ4v) is 2.15. The van der Waals surface area contributed by atoms with Crippen LogP contribution in [0.5, 0.6) is 5.75 Å². The average molecular weight is 316 g/mol. The van der Waals surface area contributed by atoms with Gasteiger partial charge < -0.3 is 14.5 Å². The van der Waals surface area contributed by atoms with Crippen LogP contribution in [0.25, 0.3) is 5.65 Å². The molecule has 0 spiro atoms. The average Bonchev–Trinajstić information content (AvgIpc) is 2.94. The molecule has 0 aliphatic heterocycles. The zero-order valence-corrected chi connectivity index (χ0v) is 12.5. The molecular weight excluding hydrogens is 302 g/mol. The van der Waals surface area contributed by atoms with E-state index >= 15 is 0 Å². The summed E-state index contributed by atoms with van der Waals surface area (Å²) >= 11 is 5.92. The van der Waals surface area contributed by atoms with E-state index in [4.69, 9.17) is 16.3 Å². The lowest BCUT2D eigenvalue weighted by Crippen LogP contribution is -2.28. The molecule has 0 unspecified atom stereocenters. The molecule has 22 heavy (non-hydrogen) atoms. The maximum absolute atomic E-state index is 11.8. The molecule has 2 heterocycles. The summed E-state index contributed by atoms with van der Waals surface area (Å²) in [4.78, 5) is 16.2. The van der Waals surface area contributed by atoms with Crippen molar-refractivity contribution in [2.24, 2.45) is 0 Å². The summed E-state index contributed by atoms with van der Waals surface area (Å²) in [7, 11) is 0. The SMILES string of the molecule is O=C(COc1ccccc1)NCc1cn2ccc(Cl)cc2n1. The number of imidazole rings is 1. The van der Waals surface area contributed by atoms with Crippen molar-refractivity contribution in [3.63, 3.8) is 0 Å². The van der Waals surface area contributed by atoms with Crippen molar-refractivity contribution in [2.45, 2.75) is 6.54 Å². The van der Waals surface area contributed by atoms with Gasteiger partial charge in [0.1, 0.15) is 11.4 Å². The van der Waals surface area contributed by atoms with Gasteiger partial charge in [-0.05, 0) is 24.3 Å². The highest BCUT2D eigenvalue weighted by Crippen LogP contribution is 2.12. The van der Waals surface area contributed by atoms with Crippen molar-refractivity contribution in [3.05, 3.63) is 65.6 Å². The maximum Gasteiger partial charge on any atom is 0.258 e. The van der Waals surface area contributed by atoms with Gasteiger partial charge in [0.15, 0.2) is 6.61 Å². The van der Waals surface area contributed by atoms with Gasteiger partial charge in [0.25, 0.3) is 5.91 Å². The van der Waals surface area contributed by atoms with E-state index in [0.717, 1.165) is 11.3 Å². The van der Waals surface area contributed by atoms with Crippen molar-refractivity contribution < 1.29 is 9.53 Å². The first-order chi connectivity index (χ1) is 10.7. The van der Waals surface area contributed by atoms with Gasteiger partial charge in [-0.2, -0.15) is 0 Å². The Kier molecular flexibility index (Phi) is 4.25. The first-order valence-corrected chi connectivity index (χ1v) is 7.16. The van der Waals surface area contributed by atoms with E-state index in [-0.39, 0.29) is 12.5 Å². The van der Waals surface area contributed by atoms with Crippen molar-refractivity contribution in [1.82, 2.24) is 14.7 Å². The molecule has 0 saturated carbocycles. The summed E-state index contributed by atoms with van der Waals surface area (Å²) in [5.74, 6) is 0.471. The van der Waals surface area contributed by atoms with E-state index in [1.54, 1.807) is 24.3 Å². The maximum atomic E-state index is 11.8. The topological polar surface area (TPSA) is 55.6 Å². The van der Waals surface area contributed by atoms with E-state index in [2.05, 4.69) is 10.3 Å². The van der Waals surface area contributed by atoms with Crippen LogP contribution in [0.2, 0.25) is 5.02 Å². The molecule has 1 N–H and O–H groups in total. The van der Waals surface area contributed by atoms with Crippen molar-refractivity contribution in [1.29, 1.82) is 0 Å². The molecule has 2 aromatic heterocycles. The Morgan fingerprint density at radius 1 is 1.27 bits per heavy atom. The second kappa shape index (κ2) is 6.49. The molecule has 0 aliphatic carbocycles. The highest BCUT2D eigenvalue weighted by molar-refractivity contribution is 6.30. The van der Waals surface area contributed by atoms with E-state index in [0.29, 0.717) is 17.3 Å².